The Hall–Kier alpha value is -2.41. The molecule has 7 nitrogen and oxygen atoms in total. The Balaban J connectivity index is 2.28. The van der Waals surface area contributed by atoms with E-state index in [1.54, 1.807) is 12.1 Å². The SMILES string of the molecule is COC(=O)/C=C/c1ccc(N2CCC[C@H](CO)C2)c([N+](=O)[O-])c1. The first kappa shape index (κ1) is 17.0. The maximum absolute atomic E-state index is 11.4. The number of benzene rings is 1. The topological polar surface area (TPSA) is 92.9 Å². The lowest BCUT2D eigenvalue weighted by Crippen LogP contribution is -2.37. The molecule has 124 valence electrons. The maximum Gasteiger partial charge on any atom is 0.330 e. The second kappa shape index (κ2) is 7.73. The van der Waals surface area contributed by atoms with Crippen LogP contribution < -0.4 is 4.90 Å². The average Bonchev–Trinajstić information content (AvgIpc) is 2.59. The molecule has 7 heteroatoms. The molecule has 0 aromatic heterocycles. The molecule has 1 aromatic carbocycles. The highest BCUT2D eigenvalue weighted by molar-refractivity contribution is 5.87. The predicted octanol–water partition coefficient (Wildman–Crippen LogP) is 1.99. The highest BCUT2D eigenvalue weighted by Crippen LogP contribution is 2.32. The van der Waals surface area contributed by atoms with Gasteiger partial charge < -0.3 is 14.7 Å². The molecule has 1 aromatic rings. The molecule has 0 unspecified atom stereocenters. The summed E-state index contributed by atoms with van der Waals surface area (Å²) in [6, 6.07) is 4.86. The number of piperidine rings is 1. The van der Waals surface area contributed by atoms with Gasteiger partial charge in [0.25, 0.3) is 5.69 Å². The number of carbonyl (C=O) groups is 1. The summed E-state index contributed by atoms with van der Waals surface area (Å²) in [5.74, 6) is -0.374. The van der Waals surface area contributed by atoms with Crippen LogP contribution in [0.2, 0.25) is 0 Å². The van der Waals surface area contributed by atoms with Crippen molar-refractivity contribution in [1.29, 1.82) is 0 Å². The van der Waals surface area contributed by atoms with Gasteiger partial charge in [0, 0.05) is 31.8 Å². The second-order valence-electron chi connectivity index (χ2n) is 5.50. The summed E-state index contributed by atoms with van der Waals surface area (Å²) in [7, 11) is 1.27. The third-order valence-corrected chi connectivity index (χ3v) is 3.93. The fraction of sp³-hybridized carbons (Fsp3) is 0.438. The summed E-state index contributed by atoms with van der Waals surface area (Å²) in [6.07, 6.45) is 4.53. The van der Waals surface area contributed by atoms with Crippen molar-refractivity contribution in [3.05, 3.63) is 40.0 Å². The molecule has 1 aliphatic heterocycles. The smallest absolute Gasteiger partial charge is 0.330 e. The van der Waals surface area contributed by atoms with Crippen LogP contribution in [-0.2, 0) is 9.53 Å². The molecule has 0 radical (unpaired) electrons. The monoisotopic (exact) mass is 320 g/mol. The van der Waals surface area contributed by atoms with Gasteiger partial charge in [0.15, 0.2) is 0 Å². The van der Waals surface area contributed by atoms with Gasteiger partial charge in [0.2, 0.25) is 0 Å². The van der Waals surface area contributed by atoms with Gasteiger partial charge in [-0.2, -0.15) is 0 Å². The van der Waals surface area contributed by atoms with E-state index in [0.29, 0.717) is 17.8 Å². The number of hydrogen-bond acceptors (Lipinski definition) is 6. The van der Waals surface area contributed by atoms with Crippen LogP contribution in [0.1, 0.15) is 18.4 Å². The normalized spacial score (nSPS) is 18.2. The fourth-order valence-electron chi connectivity index (χ4n) is 2.72. The van der Waals surface area contributed by atoms with Gasteiger partial charge >= 0.3 is 5.97 Å². The van der Waals surface area contributed by atoms with E-state index in [1.807, 2.05) is 4.90 Å². The lowest BCUT2D eigenvalue weighted by molar-refractivity contribution is -0.384. The van der Waals surface area contributed by atoms with E-state index in [2.05, 4.69) is 4.74 Å². The van der Waals surface area contributed by atoms with Crippen molar-refractivity contribution in [2.75, 3.05) is 31.7 Å². The minimum Gasteiger partial charge on any atom is -0.466 e. The van der Waals surface area contributed by atoms with Gasteiger partial charge in [-0.25, -0.2) is 4.79 Å². The molecule has 0 bridgehead atoms. The van der Waals surface area contributed by atoms with Crippen LogP contribution in [-0.4, -0.2) is 42.8 Å². The van der Waals surface area contributed by atoms with E-state index in [1.165, 1.54) is 25.3 Å². The van der Waals surface area contributed by atoms with E-state index >= 15 is 0 Å². The Labute approximate surface area is 134 Å². The van der Waals surface area contributed by atoms with E-state index in [-0.39, 0.29) is 18.2 Å². The van der Waals surface area contributed by atoms with Crippen LogP contribution in [0.15, 0.2) is 24.3 Å². The summed E-state index contributed by atoms with van der Waals surface area (Å²) in [4.78, 5) is 24.0. The number of aliphatic hydroxyl groups excluding tert-OH is 1. The lowest BCUT2D eigenvalue weighted by Gasteiger charge is -2.33. The van der Waals surface area contributed by atoms with Gasteiger partial charge in [-0.3, -0.25) is 10.1 Å². The zero-order chi connectivity index (χ0) is 16.8. The van der Waals surface area contributed by atoms with E-state index in [9.17, 15) is 20.0 Å². The first-order chi connectivity index (χ1) is 11.0. The van der Waals surface area contributed by atoms with Crippen LogP contribution in [0.5, 0.6) is 0 Å². The van der Waals surface area contributed by atoms with Crippen molar-refractivity contribution in [2.45, 2.75) is 12.8 Å². The molecule has 1 N–H and O–H groups in total. The maximum atomic E-state index is 11.4. The van der Waals surface area contributed by atoms with Crippen molar-refractivity contribution >= 4 is 23.4 Å². The van der Waals surface area contributed by atoms with Gasteiger partial charge in [0.1, 0.15) is 5.69 Å². The number of nitro benzene ring substituents is 1. The molecule has 0 amide bonds. The summed E-state index contributed by atoms with van der Waals surface area (Å²) in [5.41, 5.74) is 1.10. The highest BCUT2D eigenvalue weighted by Gasteiger charge is 2.25. The number of esters is 1. The fourth-order valence-corrected chi connectivity index (χ4v) is 2.72. The number of ether oxygens (including phenoxy) is 1. The number of carbonyl (C=O) groups excluding carboxylic acids is 1. The quantitative estimate of drug-likeness (QED) is 0.386. The van der Waals surface area contributed by atoms with E-state index in [4.69, 9.17) is 0 Å². The van der Waals surface area contributed by atoms with Crippen molar-refractivity contribution in [2.24, 2.45) is 5.92 Å². The van der Waals surface area contributed by atoms with E-state index in [0.717, 1.165) is 19.4 Å². The Morgan fingerprint density at radius 2 is 2.35 bits per heavy atom. The summed E-state index contributed by atoms with van der Waals surface area (Å²) < 4.78 is 4.50. The highest BCUT2D eigenvalue weighted by atomic mass is 16.6. The van der Waals surface area contributed by atoms with Crippen LogP contribution >= 0.6 is 0 Å². The molecular weight excluding hydrogens is 300 g/mol. The average molecular weight is 320 g/mol. The number of rotatable bonds is 5. The molecule has 0 spiro atoms. The molecule has 1 heterocycles. The number of nitro groups is 1. The number of methoxy groups -OCH3 is 1. The molecule has 1 atom stereocenters. The van der Waals surface area contributed by atoms with Gasteiger partial charge in [0.05, 0.1) is 12.0 Å². The first-order valence-corrected chi connectivity index (χ1v) is 7.45. The van der Waals surface area contributed by atoms with Crippen molar-refractivity contribution in [1.82, 2.24) is 0 Å². The van der Waals surface area contributed by atoms with Crippen LogP contribution in [0.3, 0.4) is 0 Å². The third-order valence-electron chi connectivity index (χ3n) is 3.93. The van der Waals surface area contributed by atoms with Gasteiger partial charge in [-0.05, 0) is 36.5 Å². The van der Waals surface area contributed by atoms with E-state index < -0.39 is 10.9 Å². The summed E-state index contributed by atoms with van der Waals surface area (Å²) in [5, 5.41) is 20.7. The van der Waals surface area contributed by atoms with Crippen molar-refractivity contribution in [3.63, 3.8) is 0 Å². The number of nitrogens with zero attached hydrogens (tertiary/aromatic N) is 2. The second-order valence-corrected chi connectivity index (χ2v) is 5.50. The van der Waals surface area contributed by atoms with Gasteiger partial charge in [-0.1, -0.05) is 6.07 Å². The first-order valence-electron chi connectivity index (χ1n) is 7.45. The Kier molecular flexibility index (Phi) is 5.70. The van der Waals surface area contributed by atoms with Crippen LogP contribution in [0, 0.1) is 16.0 Å². The summed E-state index contributed by atoms with van der Waals surface area (Å²) in [6.45, 7) is 1.42. The molecular formula is C16H20N2O5. The van der Waals surface area contributed by atoms with Gasteiger partial charge in [-0.15, -0.1) is 0 Å². The zero-order valence-corrected chi connectivity index (χ0v) is 13.0. The molecule has 0 saturated carbocycles. The molecule has 1 aliphatic rings. The Morgan fingerprint density at radius 1 is 1.57 bits per heavy atom. The molecule has 0 aliphatic carbocycles. The Morgan fingerprint density at radius 3 is 3.00 bits per heavy atom. The van der Waals surface area contributed by atoms with Crippen LogP contribution in [0.4, 0.5) is 11.4 Å². The minimum atomic E-state index is -0.515. The minimum absolute atomic E-state index is 0.00407. The molecule has 1 saturated heterocycles. The van der Waals surface area contributed by atoms with Crippen LogP contribution in [0.25, 0.3) is 6.08 Å². The Bertz CT molecular complexity index is 614. The number of hydrogen-bond donors (Lipinski definition) is 1. The molecule has 2 rings (SSSR count). The largest absolute Gasteiger partial charge is 0.466 e. The zero-order valence-electron chi connectivity index (χ0n) is 13.0. The standard InChI is InChI=1S/C16H20N2O5/c1-23-16(20)7-5-12-4-6-14(15(9-12)18(21)22)17-8-2-3-13(10-17)11-19/h4-7,9,13,19H,2-3,8,10-11H2,1H3/b7-5+/t13-/m0/s1. The van der Waals surface area contributed by atoms with Crippen molar-refractivity contribution in [3.8, 4) is 0 Å². The number of anilines is 1. The van der Waals surface area contributed by atoms with Crippen molar-refractivity contribution < 1.29 is 19.6 Å². The summed E-state index contributed by atoms with van der Waals surface area (Å²) >= 11 is 0. The molecule has 23 heavy (non-hydrogen) atoms. The predicted molar refractivity (Wildman–Crippen MR) is 86.2 cm³/mol. The third kappa shape index (κ3) is 4.29. The number of aliphatic hydroxyl groups is 1. The lowest BCUT2D eigenvalue weighted by atomic mass is 9.98. The molecule has 1 fully saturated rings.